The maximum atomic E-state index is 12.3. The number of anilines is 1. The zero-order valence-corrected chi connectivity index (χ0v) is 12.5. The summed E-state index contributed by atoms with van der Waals surface area (Å²) in [5, 5.41) is 2.85. The molecule has 0 aliphatic heterocycles. The van der Waals surface area contributed by atoms with Gasteiger partial charge < -0.3 is 16.0 Å². The topological polar surface area (TPSA) is 121 Å². The van der Waals surface area contributed by atoms with Gasteiger partial charge in [0.05, 0.1) is 0 Å². The van der Waals surface area contributed by atoms with Gasteiger partial charge in [0, 0.05) is 6.04 Å². The van der Waals surface area contributed by atoms with Gasteiger partial charge in [-0.15, -0.1) is 0 Å². The van der Waals surface area contributed by atoms with E-state index >= 15 is 0 Å². The number of hydrogen-bond donors (Lipinski definition) is 4. The lowest BCUT2D eigenvalue weighted by atomic mass is 9.98. The zero-order chi connectivity index (χ0) is 16.4. The fourth-order valence-corrected chi connectivity index (χ4v) is 3.07. The Balaban J connectivity index is 1.70. The van der Waals surface area contributed by atoms with E-state index in [2.05, 4.69) is 22.4 Å². The van der Waals surface area contributed by atoms with Crippen LogP contribution in [0.4, 0.5) is 5.69 Å². The summed E-state index contributed by atoms with van der Waals surface area (Å²) in [4.78, 5) is 39.3. The van der Waals surface area contributed by atoms with Crippen LogP contribution in [0.15, 0.2) is 39.9 Å². The summed E-state index contributed by atoms with van der Waals surface area (Å²) in [6.45, 7) is 0. The predicted molar refractivity (Wildman–Crippen MR) is 86.4 cm³/mol. The first-order valence-corrected chi connectivity index (χ1v) is 7.52. The Morgan fingerprint density at radius 2 is 1.87 bits per heavy atom. The highest BCUT2D eigenvalue weighted by molar-refractivity contribution is 5.96. The molecule has 1 aromatic heterocycles. The molecule has 1 aliphatic carbocycles. The molecule has 1 aliphatic rings. The van der Waals surface area contributed by atoms with Gasteiger partial charge in [-0.2, -0.15) is 0 Å². The Labute approximate surface area is 131 Å². The Morgan fingerprint density at radius 3 is 2.61 bits per heavy atom. The van der Waals surface area contributed by atoms with Crippen molar-refractivity contribution in [3.05, 3.63) is 62.4 Å². The second kappa shape index (κ2) is 6.12. The molecule has 0 unspecified atom stereocenters. The van der Waals surface area contributed by atoms with E-state index in [1.54, 1.807) is 0 Å². The van der Waals surface area contributed by atoms with Gasteiger partial charge in [0.2, 0.25) is 0 Å². The number of H-pyrrole nitrogens is 2. The number of carbonyl (C=O) groups is 1. The molecule has 0 radical (unpaired) electrons. The third-order valence-electron chi connectivity index (χ3n) is 4.25. The minimum absolute atomic E-state index is 0.00473. The molecule has 1 amide bonds. The molecule has 1 saturated carbocycles. The quantitative estimate of drug-likeness (QED) is 0.666. The van der Waals surface area contributed by atoms with E-state index in [0.29, 0.717) is 5.92 Å². The van der Waals surface area contributed by atoms with Gasteiger partial charge in [0.25, 0.3) is 11.5 Å². The maximum absolute atomic E-state index is 12.3. The van der Waals surface area contributed by atoms with Crippen LogP contribution in [0.5, 0.6) is 0 Å². The van der Waals surface area contributed by atoms with E-state index in [4.69, 9.17) is 5.73 Å². The molecule has 5 N–H and O–H groups in total. The third kappa shape index (κ3) is 3.18. The van der Waals surface area contributed by atoms with Crippen molar-refractivity contribution < 1.29 is 4.79 Å². The molecule has 3 rings (SSSR count). The second-order valence-corrected chi connectivity index (χ2v) is 5.79. The van der Waals surface area contributed by atoms with Crippen molar-refractivity contribution >= 4 is 11.6 Å². The zero-order valence-electron chi connectivity index (χ0n) is 12.5. The number of carbonyl (C=O) groups excluding carboxylic acids is 1. The van der Waals surface area contributed by atoms with Crippen molar-refractivity contribution in [3.63, 3.8) is 0 Å². The van der Waals surface area contributed by atoms with Crippen LogP contribution in [0, 0.1) is 0 Å². The molecule has 0 saturated heterocycles. The third-order valence-corrected chi connectivity index (χ3v) is 4.25. The van der Waals surface area contributed by atoms with Crippen molar-refractivity contribution in [1.29, 1.82) is 0 Å². The molecule has 2 atom stereocenters. The molecule has 0 spiro atoms. The van der Waals surface area contributed by atoms with Crippen LogP contribution in [0.1, 0.15) is 41.2 Å². The number of nitrogens with one attached hydrogen (secondary N) is 3. The average molecular weight is 314 g/mol. The minimum Gasteiger partial charge on any atom is -0.392 e. The van der Waals surface area contributed by atoms with E-state index < -0.39 is 17.2 Å². The first-order valence-electron chi connectivity index (χ1n) is 7.52. The molecule has 2 aromatic rings. The average Bonchev–Trinajstić information content (AvgIpc) is 3.00. The van der Waals surface area contributed by atoms with E-state index in [0.717, 1.165) is 19.3 Å². The number of nitrogens with two attached hydrogens (primary N) is 1. The summed E-state index contributed by atoms with van der Waals surface area (Å²) in [6.07, 6.45) is 2.65. The fourth-order valence-electron chi connectivity index (χ4n) is 3.07. The monoisotopic (exact) mass is 314 g/mol. The molecule has 1 heterocycles. The predicted octanol–water partition coefficient (Wildman–Crippen LogP) is 0.712. The highest BCUT2D eigenvalue weighted by atomic mass is 16.2. The van der Waals surface area contributed by atoms with Crippen LogP contribution in [-0.4, -0.2) is 21.9 Å². The SMILES string of the molecule is Nc1c(C(=O)N[C@@H]2CC[C@@H](c3ccccc3)C2)[nH]c(=O)[nH]c1=O. The van der Waals surface area contributed by atoms with E-state index in [9.17, 15) is 14.4 Å². The summed E-state index contributed by atoms with van der Waals surface area (Å²) in [5.41, 5.74) is 4.87. The lowest BCUT2D eigenvalue weighted by Gasteiger charge is -2.14. The summed E-state index contributed by atoms with van der Waals surface area (Å²) >= 11 is 0. The van der Waals surface area contributed by atoms with Gasteiger partial charge in [-0.1, -0.05) is 30.3 Å². The van der Waals surface area contributed by atoms with Crippen molar-refractivity contribution in [2.45, 2.75) is 31.2 Å². The van der Waals surface area contributed by atoms with Gasteiger partial charge in [0.1, 0.15) is 11.4 Å². The highest BCUT2D eigenvalue weighted by Crippen LogP contribution is 2.34. The number of hydrogen-bond acceptors (Lipinski definition) is 4. The highest BCUT2D eigenvalue weighted by Gasteiger charge is 2.28. The lowest BCUT2D eigenvalue weighted by molar-refractivity contribution is 0.0933. The van der Waals surface area contributed by atoms with Crippen molar-refractivity contribution in [1.82, 2.24) is 15.3 Å². The number of aromatic nitrogens is 2. The number of rotatable bonds is 3. The number of amides is 1. The standard InChI is InChI=1S/C16H18N4O3/c17-12-13(19-16(23)20-14(12)21)15(22)18-11-7-6-10(8-11)9-4-2-1-3-5-9/h1-5,10-11H,6-8,17H2,(H,18,22)(H2,19,20,21,23)/t10-,11-/m1/s1. The van der Waals surface area contributed by atoms with Gasteiger partial charge >= 0.3 is 5.69 Å². The van der Waals surface area contributed by atoms with Gasteiger partial charge in [-0.3, -0.25) is 14.6 Å². The molecular formula is C16H18N4O3. The number of benzene rings is 1. The van der Waals surface area contributed by atoms with Crippen molar-refractivity contribution in [2.75, 3.05) is 5.73 Å². The maximum Gasteiger partial charge on any atom is 0.326 e. The van der Waals surface area contributed by atoms with E-state index in [1.807, 2.05) is 23.2 Å². The van der Waals surface area contributed by atoms with Crippen LogP contribution in [0.3, 0.4) is 0 Å². The molecule has 7 nitrogen and oxygen atoms in total. The number of nitrogen functional groups attached to an aromatic ring is 1. The van der Waals surface area contributed by atoms with Crippen LogP contribution >= 0.6 is 0 Å². The summed E-state index contributed by atoms with van der Waals surface area (Å²) in [6, 6.07) is 10.1. The van der Waals surface area contributed by atoms with Gasteiger partial charge in [-0.05, 0) is 30.7 Å². The first kappa shape index (κ1) is 15.1. The van der Waals surface area contributed by atoms with E-state index in [1.165, 1.54) is 5.56 Å². The summed E-state index contributed by atoms with van der Waals surface area (Å²) < 4.78 is 0. The van der Waals surface area contributed by atoms with Crippen LogP contribution < -0.4 is 22.3 Å². The van der Waals surface area contributed by atoms with Gasteiger partial charge in [0.15, 0.2) is 0 Å². The van der Waals surface area contributed by atoms with Crippen molar-refractivity contribution in [3.8, 4) is 0 Å². The molecule has 1 fully saturated rings. The Bertz CT molecular complexity index is 825. The molecule has 120 valence electrons. The molecular weight excluding hydrogens is 296 g/mol. The lowest BCUT2D eigenvalue weighted by Crippen LogP contribution is -2.37. The first-order chi connectivity index (χ1) is 11.0. The molecule has 0 bridgehead atoms. The minimum atomic E-state index is -0.757. The second-order valence-electron chi connectivity index (χ2n) is 5.79. The smallest absolute Gasteiger partial charge is 0.326 e. The Kier molecular flexibility index (Phi) is 4.01. The van der Waals surface area contributed by atoms with E-state index in [-0.39, 0.29) is 17.4 Å². The Morgan fingerprint density at radius 1 is 1.13 bits per heavy atom. The van der Waals surface area contributed by atoms with Crippen LogP contribution in [-0.2, 0) is 0 Å². The van der Waals surface area contributed by atoms with Crippen LogP contribution in [0.25, 0.3) is 0 Å². The normalized spacial score (nSPS) is 20.3. The number of aromatic amines is 2. The van der Waals surface area contributed by atoms with Crippen LogP contribution in [0.2, 0.25) is 0 Å². The summed E-state index contributed by atoms with van der Waals surface area (Å²) in [5.74, 6) is -0.124. The largest absolute Gasteiger partial charge is 0.392 e. The fraction of sp³-hybridized carbons (Fsp3) is 0.312. The Hall–Kier alpha value is -2.83. The molecule has 23 heavy (non-hydrogen) atoms. The van der Waals surface area contributed by atoms with Crippen molar-refractivity contribution in [2.24, 2.45) is 0 Å². The summed E-state index contributed by atoms with van der Waals surface area (Å²) in [7, 11) is 0. The molecule has 1 aromatic carbocycles. The molecule has 7 heteroatoms. The van der Waals surface area contributed by atoms with Gasteiger partial charge in [-0.25, -0.2) is 4.79 Å².